The second-order valence-corrected chi connectivity index (χ2v) is 9.87. The van der Waals surface area contributed by atoms with Crippen LogP contribution >= 0.6 is 0 Å². The van der Waals surface area contributed by atoms with Gasteiger partial charge < -0.3 is 4.74 Å². The zero-order chi connectivity index (χ0) is 25.8. The second-order valence-electron chi connectivity index (χ2n) is 9.87. The number of benzene rings is 1. The molecule has 0 aliphatic rings. The average Bonchev–Trinajstić information content (AvgIpc) is 2.95. The fourth-order valence-corrected chi connectivity index (χ4v) is 4.40. The second kappa shape index (κ2) is 18.2. The van der Waals surface area contributed by atoms with E-state index in [-0.39, 0.29) is 0 Å². The van der Waals surface area contributed by atoms with Crippen LogP contribution in [-0.2, 0) is 0 Å². The summed E-state index contributed by atoms with van der Waals surface area (Å²) in [6, 6.07) is 17.8. The van der Waals surface area contributed by atoms with Crippen molar-refractivity contribution in [1.82, 2.24) is 9.97 Å². The van der Waals surface area contributed by atoms with E-state index in [2.05, 4.69) is 28.7 Å². The van der Waals surface area contributed by atoms with Crippen molar-refractivity contribution in [1.29, 1.82) is 0 Å². The molecule has 0 N–H and O–H groups in total. The molecule has 0 saturated carbocycles. The van der Waals surface area contributed by atoms with Crippen LogP contribution in [0.2, 0.25) is 0 Å². The van der Waals surface area contributed by atoms with Gasteiger partial charge >= 0.3 is 0 Å². The smallest absolute Gasteiger partial charge is 0.119 e. The van der Waals surface area contributed by atoms with E-state index in [1.807, 2.05) is 54.6 Å². The molecule has 0 radical (unpaired) electrons. The van der Waals surface area contributed by atoms with E-state index in [9.17, 15) is 0 Å². The van der Waals surface area contributed by atoms with Gasteiger partial charge in [0, 0.05) is 23.5 Å². The van der Waals surface area contributed by atoms with Gasteiger partial charge in [-0.2, -0.15) is 0 Å². The molecule has 0 aliphatic heterocycles. The molecule has 0 saturated heterocycles. The van der Waals surface area contributed by atoms with E-state index >= 15 is 0 Å². The summed E-state index contributed by atoms with van der Waals surface area (Å²) in [5.74, 6) is 7.31. The maximum absolute atomic E-state index is 5.92. The van der Waals surface area contributed by atoms with Crippen LogP contribution < -0.4 is 4.74 Å². The highest BCUT2D eigenvalue weighted by atomic mass is 16.5. The highest BCUT2D eigenvalue weighted by Gasteiger charge is 1.99. The first-order chi connectivity index (χ1) is 18.3. The van der Waals surface area contributed by atoms with Crippen LogP contribution in [0.3, 0.4) is 0 Å². The Labute approximate surface area is 225 Å². The third kappa shape index (κ3) is 12.1. The van der Waals surface area contributed by atoms with Crippen molar-refractivity contribution < 1.29 is 4.74 Å². The summed E-state index contributed by atoms with van der Waals surface area (Å²) in [5.41, 5.74) is 3.58. The Hall–Kier alpha value is -3.12. The highest BCUT2D eigenvalue weighted by Crippen LogP contribution is 2.16. The monoisotopic (exact) mass is 496 g/mol. The van der Waals surface area contributed by atoms with Gasteiger partial charge in [-0.3, -0.25) is 9.97 Å². The minimum Gasteiger partial charge on any atom is -0.494 e. The zero-order valence-corrected chi connectivity index (χ0v) is 22.8. The van der Waals surface area contributed by atoms with Crippen LogP contribution in [0, 0.1) is 11.8 Å². The van der Waals surface area contributed by atoms with Crippen molar-refractivity contribution in [2.24, 2.45) is 0 Å². The molecule has 0 spiro atoms. The molecule has 196 valence electrons. The van der Waals surface area contributed by atoms with Gasteiger partial charge in [0.25, 0.3) is 0 Å². The quantitative estimate of drug-likeness (QED) is 0.138. The molecule has 2 heterocycles. The minimum atomic E-state index is 0.789. The number of hydrogen-bond acceptors (Lipinski definition) is 3. The van der Waals surface area contributed by atoms with Crippen LogP contribution in [0.5, 0.6) is 5.75 Å². The summed E-state index contributed by atoms with van der Waals surface area (Å²) in [5, 5.41) is 0. The Morgan fingerprint density at radius 1 is 0.568 bits per heavy atom. The Kier molecular flexibility index (Phi) is 14.0. The summed E-state index contributed by atoms with van der Waals surface area (Å²) in [7, 11) is 0. The SMILES string of the molecule is CCCCCCCCCCCCCCCCOc1ccc(C#Cc2ccc(-c3ccccn3)nc2)cc1. The molecule has 0 aliphatic carbocycles. The van der Waals surface area contributed by atoms with Gasteiger partial charge in [-0.05, 0) is 55.0 Å². The highest BCUT2D eigenvalue weighted by molar-refractivity contribution is 5.55. The number of hydrogen-bond donors (Lipinski definition) is 0. The molecule has 0 bridgehead atoms. The van der Waals surface area contributed by atoms with E-state index in [4.69, 9.17) is 4.74 Å². The minimum absolute atomic E-state index is 0.789. The van der Waals surface area contributed by atoms with Crippen LogP contribution in [0.4, 0.5) is 0 Å². The molecule has 3 rings (SSSR count). The Morgan fingerprint density at radius 3 is 1.70 bits per heavy atom. The van der Waals surface area contributed by atoms with Crippen molar-refractivity contribution in [3.05, 3.63) is 78.1 Å². The fourth-order valence-electron chi connectivity index (χ4n) is 4.40. The van der Waals surface area contributed by atoms with Gasteiger partial charge in [-0.15, -0.1) is 0 Å². The van der Waals surface area contributed by atoms with Crippen molar-refractivity contribution in [3.63, 3.8) is 0 Å². The van der Waals surface area contributed by atoms with Crippen molar-refractivity contribution >= 4 is 0 Å². The normalized spacial score (nSPS) is 10.6. The number of aromatic nitrogens is 2. The Bertz CT molecular complexity index is 1030. The lowest BCUT2D eigenvalue weighted by Crippen LogP contribution is -1.97. The Morgan fingerprint density at radius 2 is 1.14 bits per heavy atom. The van der Waals surface area contributed by atoms with Crippen LogP contribution in [-0.4, -0.2) is 16.6 Å². The number of ether oxygens (including phenoxy) is 1. The Balaban J connectivity index is 1.22. The number of unbranched alkanes of at least 4 members (excludes halogenated alkanes) is 13. The first-order valence-electron chi connectivity index (χ1n) is 14.5. The molecule has 3 aromatic rings. The van der Waals surface area contributed by atoms with Gasteiger partial charge in [0.2, 0.25) is 0 Å². The van der Waals surface area contributed by atoms with Crippen molar-refractivity contribution in [2.75, 3.05) is 6.61 Å². The third-order valence-electron chi connectivity index (χ3n) is 6.66. The van der Waals surface area contributed by atoms with Gasteiger partial charge in [0.15, 0.2) is 0 Å². The van der Waals surface area contributed by atoms with Gasteiger partial charge in [0.05, 0.1) is 18.0 Å². The predicted octanol–water partition coefficient (Wildman–Crippen LogP) is 9.40. The van der Waals surface area contributed by atoms with Crippen molar-refractivity contribution in [2.45, 2.75) is 96.8 Å². The molecular weight excluding hydrogens is 452 g/mol. The summed E-state index contributed by atoms with van der Waals surface area (Å²) in [6.45, 7) is 3.07. The largest absolute Gasteiger partial charge is 0.494 e. The lowest BCUT2D eigenvalue weighted by molar-refractivity contribution is 0.304. The first kappa shape index (κ1) is 28.5. The molecule has 0 amide bonds. The zero-order valence-electron chi connectivity index (χ0n) is 22.8. The van der Waals surface area contributed by atoms with E-state index in [1.165, 1.54) is 83.5 Å². The maximum atomic E-state index is 5.92. The van der Waals surface area contributed by atoms with Crippen LogP contribution in [0.1, 0.15) is 108 Å². The molecule has 3 nitrogen and oxygen atoms in total. The predicted molar refractivity (Wildman–Crippen MR) is 156 cm³/mol. The molecule has 3 heteroatoms. The molecule has 0 atom stereocenters. The number of pyridine rings is 2. The summed E-state index contributed by atoms with van der Waals surface area (Å²) < 4.78 is 5.92. The molecule has 1 aromatic carbocycles. The topological polar surface area (TPSA) is 35.0 Å². The fraction of sp³-hybridized carbons (Fsp3) is 0.471. The van der Waals surface area contributed by atoms with Crippen LogP contribution in [0.15, 0.2) is 67.0 Å². The van der Waals surface area contributed by atoms with E-state index in [0.29, 0.717) is 0 Å². The molecule has 2 aromatic heterocycles. The van der Waals surface area contributed by atoms with Gasteiger partial charge in [0.1, 0.15) is 5.75 Å². The molecular formula is C34H44N2O. The number of nitrogens with zero attached hydrogens (tertiary/aromatic N) is 2. The number of rotatable bonds is 17. The van der Waals surface area contributed by atoms with E-state index in [0.717, 1.165) is 41.3 Å². The van der Waals surface area contributed by atoms with Gasteiger partial charge in [-0.25, -0.2) is 0 Å². The van der Waals surface area contributed by atoms with Crippen LogP contribution in [0.25, 0.3) is 11.4 Å². The average molecular weight is 497 g/mol. The molecule has 0 unspecified atom stereocenters. The summed E-state index contributed by atoms with van der Waals surface area (Å²) >= 11 is 0. The standard InChI is InChI=1S/C34H44N2O/c1-2-3-4-5-6-7-8-9-10-11-12-13-14-17-28-37-32-24-21-30(22-25-32)19-20-31-23-26-34(36-29-31)33-18-15-16-27-35-33/h15-16,18,21-27,29H,2-14,17,28H2,1H3. The summed E-state index contributed by atoms with van der Waals surface area (Å²) in [4.78, 5) is 8.81. The van der Waals surface area contributed by atoms with Crippen molar-refractivity contribution in [3.8, 4) is 29.0 Å². The lowest BCUT2D eigenvalue weighted by Gasteiger charge is -2.06. The van der Waals surface area contributed by atoms with E-state index in [1.54, 1.807) is 12.4 Å². The third-order valence-corrected chi connectivity index (χ3v) is 6.66. The van der Waals surface area contributed by atoms with E-state index < -0.39 is 0 Å². The lowest BCUT2D eigenvalue weighted by atomic mass is 10.0. The molecule has 37 heavy (non-hydrogen) atoms. The summed E-state index contributed by atoms with van der Waals surface area (Å²) in [6.07, 6.45) is 22.8. The first-order valence-corrected chi connectivity index (χ1v) is 14.5. The maximum Gasteiger partial charge on any atom is 0.119 e. The molecule has 0 fully saturated rings. The van der Waals surface area contributed by atoms with Gasteiger partial charge in [-0.1, -0.05) is 108 Å².